The molecule has 92 valence electrons. The number of carbonyl (C=O) groups excluding carboxylic acids is 1. The molecule has 1 fully saturated rings. The molecule has 0 aromatic carbocycles. The quantitative estimate of drug-likeness (QED) is 0.796. The highest BCUT2D eigenvalue weighted by atomic mass is 16.5. The second-order valence-corrected chi connectivity index (χ2v) is 4.69. The van der Waals surface area contributed by atoms with Crippen molar-refractivity contribution >= 4 is 5.91 Å². The van der Waals surface area contributed by atoms with Crippen LogP contribution in [0, 0.1) is 11.8 Å². The summed E-state index contributed by atoms with van der Waals surface area (Å²) in [6.45, 7) is 2.65. The maximum absolute atomic E-state index is 11.9. The lowest BCUT2D eigenvalue weighted by Crippen LogP contribution is -2.28. The molecule has 1 aliphatic carbocycles. The predicted molar refractivity (Wildman–Crippen MR) is 64.5 cm³/mol. The van der Waals surface area contributed by atoms with E-state index in [0.29, 0.717) is 18.3 Å². The van der Waals surface area contributed by atoms with Crippen LogP contribution in [0.2, 0.25) is 0 Å². The summed E-state index contributed by atoms with van der Waals surface area (Å²) >= 11 is 0. The van der Waals surface area contributed by atoms with Crippen LogP contribution in [0.3, 0.4) is 0 Å². The molecule has 17 heavy (non-hydrogen) atoms. The fourth-order valence-electron chi connectivity index (χ4n) is 1.93. The highest BCUT2D eigenvalue weighted by Gasteiger charge is 2.40. The summed E-state index contributed by atoms with van der Waals surface area (Å²) in [6.07, 6.45) is 1.02. The molecular weight excluding hydrogens is 216 g/mol. The first-order chi connectivity index (χ1) is 8.11. The lowest BCUT2D eigenvalue weighted by Gasteiger charge is -2.16. The van der Waals surface area contributed by atoms with E-state index in [4.69, 9.17) is 4.74 Å². The van der Waals surface area contributed by atoms with Crippen LogP contribution in [0.15, 0.2) is 18.2 Å². The van der Waals surface area contributed by atoms with Gasteiger partial charge in [0.25, 0.3) is 0 Å². The summed E-state index contributed by atoms with van der Waals surface area (Å²) in [5, 5.41) is 0. The predicted octanol–water partition coefficient (Wildman–Crippen LogP) is 1.70. The van der Waals surface area contributed by atoms with E-state index in [1.807, 2.05) is 19.2 Å². The smallest absolute Gasteiger partial charge is 0.226 e. The molecule has 1 saturated carbocycles. The number of ether oxygens (including phenoxy) is 1. The van der Waals surface area contributed by atoms with Crippen LogP contribution in [0.1, 0.15) is 19.0 Å². The van der Waals surface area contributed by atoms with Crippen LogP contribution < -0.4 is 4.74 Å². The average Bonchev–Trinajstić information content (AvgIpc) is 3.05. The molecule has 1 aromatic heterocycles. The number of hydrogen-bond acceptors (Lipinski definition) is 3. The Kier molecular flexibility index (Phi) is 3.31. The molecular formula is C13H18N2O2. The van der Waals surface area contributed by atoms with E-state index in [2.05, 4.69) is 11.9 Å². The molecule has 2 rings (SSSR count). The van der Waals surface area contributed by atoms with Crippen LogP contribution in [0.4, 0.5) is 0 Å². The van der Waals surface area contributed by atoms with Crippen molar-refractivity contribution in [3.63, 3.8) is 0 Å². The Hall–Kier alpha value is -1.58. The Morgan fingerprint density at radius 2 is 2.29 bits per heavy atom. The minimum Gasteiger partial charge on any atom is -0.481 e. The van der Waals surface area contributed by atoms with Crippen LogP contribution in [-0.4, -0.2) is 29.9 Å². The van der Waals surface area contributed by atoms with Gasteiger partial charge in [-0.05, 0) is 18.4 Å². The second-order valence-electron chi connectivity index (χ2n) is 4.69. The van der Waals surface area contributed by atoms with Gasteiger partial charge in [0.1, 0.15) is 0 Å². The first-order valence-corrected chi connectivity index (χ1v) is 5.86. The van der Waals surface area contributed by atoms with Gasteiger partial charge < -0.3 is 9.64 Å². The molecule has 0 bridgehead atoms. The molecule has 1 heterocycles. The Bertz CT molecular complexity index is 420. The lowest BCUT2D eigenvalue weighted by molar-refractivity contribution is -0.132. The topological polar surface area (TPSA) is 42.4 Å². The van der Waals surface area contributed by atoms with E-state index in [-0.39, 0.29) is 11.8 Å². The number of nitrogens with zero attached hydrogens (tertiary/aromatic N) is 2. The van der Waals surface area contributed by atoms with E-state index >= 15 is 0 Å². The van der Waals surface area contributed by atoms with E-state index in [1.165, 1.54) is 0 Å². The first-order valence-electron chi connectivity index (χ1n) is 5.86. The molecule has 2 atom stereocenters. The number of aromatic nitrogens is 1. The maximum Gasteiger partial charge on any atom is 0.226 e. The van der Waals surface area contributed by atoms with Gasteiger partial charge in [0, 0.05) is 19.0 Å². The van der Waals surface area contributed by atoms with Gasteiger partial charge in [-0.25, -0.2) is 4.98 Å². The molecule has 4 heteroatoms. The van der Waals surface area contributed by atoms with Gasteiger partial charge in [0.05, 0.1) is 19.3 Å². The van der Waals surface area contributed by atoms with E-state index < -0.39 is 0 Å². The summed E-state index contributed by atoms with van der Waals surface area (Å²) in [5.74, 6) is 1.58. The van der Waals surface area contributed by atoms with Crippen molar-refractivity contribution < 1.29 is 9.53 Å². The molecule has 4 nitrogen and oxygen atoms in total. The Morgan fingerprint density at radius 3 is 2.88 bits per heavy atom. The number of carbonyl (C=O) groups is 1. The fraction of sp³-hybridized carbons (Fsp3) is 0.538. The van der Waals surface area contributed by atoms with Crippen molar-refractivity contribution in [2.24, 2.45) is 11.8 Å². The Labute approximate surface area is 102 Å². The van der Waals surface area contributed by atoms with Gasteiger partial charge >= 0.3 is 0 Å². The van der Waals surface area contributed by atoms with Gasteiger partial charge in [-0.3, -0.25) is 4.79 Å². The highest BCUT2D eigenvalue weighted by molar-refractivity contribution is 5.81. The van der Waals surface area contributed by atoms with Gasteiger partial charge in [-0.2, -0.15) is 0 Å². The highest BCUT2D eigenvalue weighted by Crippen LogP contribution is 2.39. The lowest BCUT2D eigenvalue weighted by atomic mass is 10.2. The summed E-state index contributed by atoms with van der Waals surface area (Å²) < 4.78 is 5.06. The number of rotatable bonds is 4. The van der Waals surface area contributed by atoms with E-state index in [1.54, 1.807) is 18.1 Å². The van der Waals surface area contributed by atoms with Crippen molar-refractivity contribution in [2.75, 3.05) is 14.2 Å². The van der Waals surface area contributed by atoms with Crippen molar-refractivity contribution in [3.05, 3.63) is 23.9 Å². The SMILES string of the molecule is COc1cccc(CN(C)C(=O)[C@H]2C[C@H]2C)n1. The first kappa shape index (κ1) is 11.9. The van der Waals surface area contributed by atoms with Crippen LogP contribution in [-0.2, 0) is 11.3 Å². The number of methoxy groups -OCH3 is 1. The summed E-state index contributed by atoms with van der Waals surface area (Å²) in [4.78, 5) is 18.0. The van der Waals surface area contributed by atoms with Crippen LogP contribution >= 0.6 is 0 Å². The number of hydrogen-bond donors (Lipinski definition) is 0. The third-order valence-electron chi connectivity index (χ3n) is 3.19. The minimum absolute atomic E-state index is 0.224. The number of amides is 1. The molecule has 0 spiro atoms. The van der Waals surface area contributed by atoms with Crippen LogP contribution in [0.25, 0.3) is 0 Å². The maximum atomic E-state index is 11.9. The largest absolute Gasteiger partial charge is 0.481 e. The second kappa shape index (κ2) is 4.73. The molecule has 1 amide bonds. The molecule has 0 N–H and O–H groups in total. The monoisotopic (exact) mass is 234 g/mol. The summed E-state index contributed by atoms with van der Waals surface area (Å²) in [6, 6.07) is 5.59. The standard InChI is InChI=1S/C13H18N2O2/c1-9-7-11(9)13(16)15(2)8-10-5-4-6-12(14-10)17-3/h4-6,9,11H,7-8H2,1-3H3/t9-,11+/m1/s1. The molecule has 1 aromatic rings. The van der Waals surface area contributed by atoms with E-state index in [9.17, 15) is 4.79 Å². The summed E-state index contributed by atoms with van der Waals surface area (Å²) in [5.41, 5.74) is 0.855. The zero-order chi connectivity index (χ0) is 12.4. The molecule has 0 radical (unpaired) electrons. The number of pyridine rings is 1. The van der Waals surface area contributed by atoms with Crippen molar-refractivity contribution in [2.45, 2.75) is 19.9 Å². The zero-order valence-electron chi connectivity index (χ0n) is 10.5. The average molecular weight is 234 g/mol. The van der Waals surface area contributed by atoms with Gasteiger partial charge in [0.2, 0.25) is 11.8 Å². The van der Waals surface area contributed by atoms with Crippen molar-refractivity contribution in [1.29, 1.82) is 0 Å². The summed E-state index contributed by atoms with van der Waals surface area (Å²) in [7, 11) is 3.42. The van der Waals surface area contributed by atoms with Crippen molar-refractivity contribution in [3.8, 4) is 5.88 Å². The molecule has 0 saturated heterocycles. The molecule has 0 aliphatic heterocycles. The van der Waals surface area contributed by atoms with E-state index in [0.717, 1.165) is 12.1 Å². The fourth-order valence-corrected chi connectivity index (χ4v) is 1.93. The van der Waals surface area contributed by atoms with Gasteiger partial charge in [0.15, 0.2) is 0 Å². The van der Waals surface area contributed by atoms with Gasteiger partial charge in [-0.1, -0.05) is 13.0 Å². The zero-order valence-corrected chi connectivity index (χ0v) is 10.5. The molecule has 0 unspecified atom stereocenters. The Balaban J connectivity index is 1.97. The third kappa shape index (κ3) is 2.75. The third-order valence-corrected chi connectivity index (χ3v) is 3.19. The van der Waals surface area contributed by atoms with Crippen LogP contribution in [0.5, 0.6) is 5.88 Å². The normalized spacial score (nSPS) is 22.1. The Morgan fingerprint density at radius 1 is 1.59 bits per heavy atom. The molecule has 1 aliphatic rings. The van der Waals surface area contributed by atoms with Crippen molar-refractivity contribution in [1.82, 2.24) is 9.88 Å². The minimum atomic E-state index is 0.224. The van der Waals surface area contributed by atoms with Gasteiger partial charge in [-0.15, -0.1) is 0 Å².